The van der Waals surface area contributed by atoms with Crippen LogP contribution in [0.3, 0.4) is 0 Å². The number of rotatable bonds is 3. The molecule has 2 heteroatoms. The standard InChI is InChI=1S/C16H26N2/c1-12(16(2,3)4)18(5)11-13-6-7-14-9-17-10-15(14)8-13/h6-8,12,17H,9-11H2,1-5H3. The van der Waals surface area contributed by atoms with Crippen molar-refractivity contribution in [1.82, 2.24) is 10.2 Å². The fourth-order valence-corrected chi connectivity index (χ4v) is 2.53. The van der Waals surface area contributed by atoms with Crippen LogP contribution in [-0.4, -0.2) is 18.0 Å². The number of fused-ring (bicyclic) bond motifs is 1. The van der Waals surface area contributed by atoms with E-state index in [0.717, 1.165) is 19.6 Å². The van der Waals surface area contributed by atoms with E-state index in [9.17, 15) is 0 Å². The van der Waals surface area contributed by atoms with Gasteiger partial charge in [0.25, 0.3) is 0 Å². The fourth-order valence-electron chi connectivity index (χ4n) is 2.53. The third-order valence-corrected chi connectivity index (χ3v) is 4.25. The average Bonchev–Trinajstić information content (AvgIpc) is 2.73. The molecule has 18 heavy (non-hydrogen) atoms. The topological polar surface area (TPSA) is 15.3 Å². The van der Waals surface area contributed by atoms with Gasteiger partial charge >= 0.3 is 0 Å². The predicted octanol–water partition coefficient (Wildman–Crippen LogP) is 3.16. The minimum absolute atomic E-state index is 0.326. The van der Waals surface area contributed by atoms with Crippen molar-refractivity contribution in [2.45, 2.75) is 53.4 Å². The molecule has 1 aliphatic heterocycles. The predicted molar refractivity (Wildman–Crippen MR) is 77.4 cm³/mol. The van der Waals surface area contributed by atoms with Crippen LogP contribution in [0.5, 0.6) is 0 Å². The highest BCUT2D eigenvalue weighted by molar-refractivity contribution is 5.34. The lowest BCUT2D eigenvalue weighted by Gasteiger charge is -2.35. The third-order valence-electron chi connectivity index (χ3n) is 4.25. The van der Waals surface area contributed by atoms with Crippen molar-refractivity contribution in [1.29, 1.82) is 0 Å². The van der Waals surface area contributed by atoms with E-state index >= 15 is 0 Å². The first-order chi connectivity index (χ1) is 8.38. The molecule has 1 N–H and O–H groups in total. The Morgan fingerprint density at radius 2 is 1.89 bits per heavy atom. The average molecular weight is 246 g/mol. The maximum Gasteiger partial charge on any atom is 0.0233 e. The Kier molecular flexibility index (Phi) is 3.79. The first kappa shape index (κ1) is 13.6. The molecular weight excluding hydrogens is 220 g/mol. The highest BCUT2D eigenvalue weighted by atomic mass is 15.1. The van der Waals surface area contributed by atoms with Gasteiger partial charge in [0.15, 0.2) is 0 Å². The van der Waals surface area contributed by atoms with E-state index in [0.29, 0.717) is 11.5 Å². The molecule has 0 aliphatic carbocycles. The number of nitrogens with one attached hydrogen (secondary N) is 1. The quantitative estimate of drug-likeness (QED) is 0.881. The molecule has 1 aliphatic rings. The van der Waals surface area contributed by atoms with E-state index in [1.807, 2.05) is 0 Å². The summed E-state index contributed by atoms with van der Waals surface area (Å²) in [4.78, 5) is 2.45. The van der Waals surface area contributed by atoms with Gasteiger partial charge in [0, 0.05) is 25.7 Å². The van der Waals surface area contributed by atoms with Crippen LogP contribution in [0.4, 0.5) is 0 Å². The lowest BCUT2D eigenvalue weighted by atomic mass is 9.87. The summed E-state index contributed by atoms with van der Waals surface area (Å²) in [5, 5.41) is 3.40. The number of benzene rings is 1. The Morgan fingerprint density at radius 3 is 2.56 bits per heavy atom. The zero-order valence-electron chi connectivity index (χ0n) is 12.4. The van der Waals surface area contributed by atoms with Gasteiger partial charge in [-0.25, -0.2) is 0 Å². The first-order valence-electron chi connectivity index (χ1n) is 6.89. The second kappa shape index (κ2) is 5.02. The summed E-state index contributed by atoms with van der Waals surface area (Å²) in [6, 6.07) is 7.49. The molecule has 100 valence electrons. The van der Waals surface area contributed by atoms with E-state index in [2.05, 4.69) is 63.2 Å². The molecule has 0 saturated carbocycles. The summed E-state index contributed by atoms with van der Waals surface area (Å²) in [5.74, 6) is 0. The third kappa shape index (κ3) is 2.93. The maximum atomic E-state index is 3.40. The van der Waals surface area contributed by atoms with Crippen LogP contribution < -0.4 is 5.32 Å². The van der Waals surface area contributed by atoms with Gasteiger partial charge in [0.1, 0.15) is 0 Å². The van der Waals surface area contributed by atoms with Crippen molar-refractivity contribution in [2.75, 3.05) is 7.05 Å². The SMILES string of the molecule is CC(N(C)Cc1ccc2c(c1)CNC2)C(C)(C)C. The van der Waals surface area contributed by atoms with Gasteiger partial charge in [-0.3, -0.25) is 4.90 Å². The Morgan fingerprint density at radius 1 is 1.22 bits per heavy atom. The summed E-state index contributed by atoms with van der Waals surface area (Å²) in [6.07, 6.45) is 0. The van der Waals surface area contributed by atoms with E-state index in [-0.39, 0.29) is 0 Å². The van der Waals surface area contributed by atoms with Crippen LogP contribution in [0.25, 0.3) is 0 Å². The Hall–Kier alpha value is -0.860. The fraction of sp³-hybridized carbons (Fsp3) is 0.625. The smallest absolute Gasteiger partial charge is 0.0233 e. The second-order valence-corrected chi connectivity index (χ2v) is 6.66. The molecule has 1 heterocycles. The largest absolute Gasteiger partial charge is 0.309 e. The first-order valence-corrected chi connectivity index (χ1v) is 6.89. The Labute approximate surface area is 111 Å². The van der Waals surface area contributed by atoms with E-state index in [4.69, 9.17) is 0 Å². The van der Waals surface area contributed by atoms with Crippen molar-refractivity contribution in [3.8, 4) is 0 Å². The summed E-state index contributed by atoms with van der Waals surface area (Å²) < 4.78 is 0. The normalized spacial score (nSPS) is 17.0. The van der Waals surface area contributed by atoms with Gasteiger partial charge < -0.3 is 5.32 Å². The van der Waals surface area contributed by atoms with Crippen LogP contribution >= 0.6 is 0 Å². The molecule has 0 radical (unpaired) electrons. The summed E-state index contributed by atoms with van der Waals surface area (Å²) in [7, 11) is 2.22. The van der Waals surface area contributed by atoms with Crippen molar-refractivity contribution in [3.05, 3.63) is 34.9 Å². The van der Waals surface area contributed by atoms with Gasteiger partial charge in [-0.15, -0.1) is 0 Å². The lowest BCUT2D eigenvalue weighted by molar-refractivity contribution is 0.134. The zero-order valence-corrected chi connectivity index (χ0v) is 12.4. The van der Waals surface area contributed by atoms with Crippen LogP contribution in [0.2, 0.25) is 0 Å². The molecule has 0 aromatic heterocycles. The van der Waals surface area contributed by atoms with E-state index in [1.54, 1.807) is 0 Å². The van der Waals surface area contributed by atoms with Gasteiger partial charge in [-0.2, -0.15) is 0 Å². The van der Waals surface area contributed by atoms with Crippen molar-refractivity contribution in [2.24, 2.45) is 5.41 Å². The van der Waals surface area contributed by atoms with Crippen molar-refractivity contribution >= 4 is 0 Å². The van der Waals surface area contributed by atoms with E-state index in [1.165, 1.54) is 16.7 Å². The van der Waals surface area contributed by atoms with Gasteiger partial charge in [0.05, 0.1) is 0 Å². The van der Waals surface area contributed by atoms with Crippen LogP contribution in [0.15, 0.2) is 18.2 Å². The van der Waals surface area contributed by atoms with E-state index < -0.39 is 0 Å². The Bertz CT molecular complexity index is 418. The molecule has 0 bridgehead atoms. The lowest BCUT2D eigenvalue weighted by Crippen LogP contribution is -2.38. The zero-order chi connectivity index (χ0) is 13.3. The minimum atomic E-state index is 0.326. The molecule has 0 fully saturated rings. The van der Waals surface area contributed by atoms with Crippen LogP contribution in [0, 0.1) is 5.41 Å². The number of hydrogen-bond donors (Lipinski definition) is 1. The molecule has 1 unspecified atom stereocenters. The molecule has 2 nitrogen and oxygen atoms in total. The van der Waals surface area contributed by atoms with Gasteiger partial charge in [-0.05, 0) is 36.1 Å². The highest BCUT2D eigenvalue weighted by Crippen LogP contribution is 2.25. The summed E-state index contributed by atoms with van der Waals surface area (Å²) >= 11 is 0. The van der Waals surface area contributed by atoms with Crippen LogP contribution in [-0.2, 0) is 19.6 Å². The molecule has 1 aromatic rings. The molecule has 1 atom stereocenters. The van der Waals surface area contributed by atoms with Crippen molar-refractivity contribution in [3.63, 3.8) is 0 Å². The summed E-state index contributed by atoms with van der Waals surface area (Å²) in [6.45, 7) is 12.3. The molecule has 0 spiro atoms. The monoisotopic (exact) mass is 246 g/mol. The molecule has 0 saturated heterocycles. The molecular formula is C16H26N2. The number of hydrogen-bond acceptors (Lipinski definition) is 2. The van der Waals surface area contributed by atoms with Gasteiger partial charge in [-0.1, -0.05) is 39.0 Å². The second-order valence-electron chi connectivity index (χ2n) is 6.66. The van der Waals surface area contributed by atoms with Gasteiger partial charge in [0.2, 0.25) is 0 Å². The highest BCUT2D eigenvalue weighted by Gasteiger charge is 2.23. The maximum absolute atomic E-state index is 3.40. The van der Waals surface area contributed by atoms with Crippen molar-refractivity contribution < 1.29 is 0 Å². The Balaban J connectivity index is 2.05. The molecule has 2 rings (SSSR count). The minimum Gasteiger partial charge on any atom is -0.309 e. The molecule has 0 amide bonds. The number of nitrogens with zero attached hydrogens (tertiary/aromatic N) is 1. The summed E-state index contributed by atoms with van der Waals surface area (Å²) in [5.41, 5.74) is 4.69. The van der Waals surface area contributed by atoms with Crippen LogP contribution in [0.1, 0.15) is 44.4 Å². The molecule has 1 aromatic carbocycles.